The second-order valence-corrected chi connectivity index (χ2v) is 7.89. The summed E-state index contributed by atoms with van der Waals surface area (Å²) in [7, 11) is 0. The molecule has 1 saturated heterocycles. The molecule has 1 unspecified atom stereocenters. The highest BCUT2D eigenvalue weighted by atomic mass is 35.5. The molecule has 0 bridgehead atoms. The second kappa shape index (κ2) is 7.93. The van der Waals surface area contributed by atoms with E-state index in [1.165, 1.54) is 12.1 Å². The van der Waals surface area contributed by atoms with Gasteiger partial charge in [0.15, 0.2) is 0 Å². The molecule has 0 radical (unpaired) electrons. The van der Waals surface area contributed by atoms with E-state index in [2.05, 4.69) is 10.6 Å². The van der Waals surface area contributed by atoms with Gasteiger partial charge in [-0.05, 0) is 35.4 Å². The predicted octanol–water partition coefficient (Wildman–Crippen LogP) is 3.81. The Morgan fingerprint density at radius 2 is 1.84 bits per heavy atom. The number of hydrogen-bond donors (Lipinski definition) is 2. The molecule has 0 aromatic heterocycles. The van der Waals surface area contributed by atoms with Gasteiger partial charge in [0, 0.05) is 12.1 Å². The van der Waals surface area contributed by atoms with E-state index < -0.39 is 34.9 Å². The van der Waals surface area contributed by atoms with Crippen molar-refractivity contribution in [2.45, 2.75) is 12.5 Å². The van der Waals surface area contributed by atoms with E-state index in [0.717, 1.165) is 21.7 Å². The number of urea groups is 1. The molecule has 1 fully saturated rings. The van der Waals surface area contributed by atoms with E-state index in [1.54, 1.807) is 13.0 Å². The zero-order chi connectivity index (χ0) is 23.0. The number of nitrogens with one attached hydrogen (secondary N) is 2. The largest absolute Gasteiger partial charge is 0.325 e. The number of amides is 4. The molecule has 4 amide bonds. The number of nitrogens with zero attached hydrogens (tertiary/aromatic N) is 2. The first-order chi connectivity index (χ1) is 15.2. The highest BCUT2D eigenvalue weighted by Gasteiger charge is 2.49. The SMILES string of the molecule is CC1(c2ccc3ccccc3c2)NC(=O)N(CC(=O)Nc2ccc([N+](=O)[O-])cc2Cl)C1=O. The smallest absolute Gasteiger partial charge is 0.323 e. The van der Waals surface area contributed by atoms with Gasteiger partial charge in [0.05, 0.1) is 15.6 Å². The lowest BCUT2D eigenvalue weighted by Gasteiger charge is -2.22. The molecule has 1 aliphatic heterocycles. The Hall–Kier alpha value is -3.98. The third-order valence-corrected chi connectivity index (χ3v) is 5.65. The molecule has 9 nitrogen and oxygen atoms in total. The van der Waals surface area contributed by atoms with Crippen LogP contribution in [0.2, 0.25) is 5.02 Å². The second-order valence-electron chi connectivity index (χ2n) is 7.48. The van der Waals surface area contributed by atoms with E-state index in [0.29, 0.717) is 5.56 Å². The van der Waals surface area contributed by atoms with Crippen LogP contribution in [0.3, 0.4) is 0 Å². The molecule has 0 aliphatic carbocycles. The summed E-state index contributed by atoms with van der Waals surface area (Å²) in [6.45, 7) is 1.05. The third-order valence-electron chi connectivity index (χ3n) is 5.34. The van der Waals surface area contributed by atoms with Gasteiger partial charge in [-0.2, -0.15) is 0 Å². The van der Waals surface area contributed by atoms with Gasteiger partial charge in [-0.25, -0.2) is 4.79 Å². The molecule has 3 aromatic carbocycles. The van der Waals surface area contributed by atoms with Crippen LogP contribution < -0.4 is 10.6 Å². The van der Waals surface area contributed by atoms with Crippen LogP contribution >= 0.6 is 11.6 Å². The standard InChI is InChI=1S/C22H17ClN4O5/c1-22(15-7-6-13-4-2-3-5-14(13)10-15)20(29)26(21(30)25-22)12-19(28)24-18-9-8-16(27(31)32)11-17(18)23/h2-11H,12H2,1H3,(H,24,28)(H,25,30). The fourth-order valence-corrected chi connectivity index (χ4v) is 3.81. The van der Waals surface area contributed by atoms with Crippen molar-refractivity contribution in [2.24, 2.45) is 0 Å². The summed E-state index contributed by atoms with van der Waals surface area (Å²) >= 11 is 5.99. The Kier molecular flexibility index (Phi) is 5.27. The Morgan fingerprint density at radius 3 is 2.53 bits per heavy atom. The van der Waals surface area contributed by atoms with Crippen LogP contribution in [0, 0.1) is 10.1 Å². The monoisotopic (exact) mass is 452 g/mol. The molecule has 10 heteroatoms. The molecule has 0 spiro atoms. The van der Waals surface area contributed by atoms with Crippen LogP contribution in [0.4, 0.5) is 16.2 Å². The first-order valence-corrected chi connectivity index (χ1v) is 9.94. The third kappa shape index (κ3) is 3.74. The Morgan fingerprint density at radius 1 is 1.12 bits per heavy atom. The average Bonchev–Trinajstić information content (AvgIpc) is 2.98. The maximum absolute atomic E-state index is 13.1. The number of rotatable bonds is 5. The van der Waals surface area contributed by atoms with Gasteiger partial charge in [-0.1, -0.05) is 48.0 Å². The van der Waals surface area contributed by atoms with Gasteiger partial charge in [-0.15, -0.1) is 0 Å². The van der Waals surface area contributed by atoms with Crippen LogP contribution in [0.25, 0.3) is 10.8 Å². The van der Waals surface area contributed by atoms with Crippen molar-refractivity contribution in [2.75, 3.05) is 11.9 Å². The maximum atomic E-state index is 13.1. The van der Waals surface area contributed by atoms with Crippen LogP contribution in [0.15, 0.2) is 60.7 Å². The summed E-state index contributed by atoms with van der Waals surface area (Å²) < 4.78 is 0. The molecule has 162 valence electrons. The van der Waals surface area contributed by atoms with E-state index in [-0.39, 0.29) is 16.4 Å². The fraction of sp³-hybridized carbons (Fsp3) is 0.136. The predicted molar refractivity (Wildman–Crippen MR) is 118 cm³/mol. The molecule has 32 heavy (non-hydrogen) atoms. The zero-order valence-electron chi connectivity index (χ0n) is 16.8. The van der Waals surface area contributed by atoms with Crippen molar-refractivity contribution >= 4 is 51.6 Å². The van der Waals surface area contributed by atoms with E-state index in [4.69, 9.17) is 11.6 Å². The van der Waals surface area contributed by atoms with Crippen molar-refractivity contribution in [1.82, 2.24) is 10.2 Å². The summed E-state index contributed by atoms with van der Waals surface area (Å²) in [5.74, 6) is -1.24. The lowest BCUT2D eigenvalue weighted by molar-refractivity contribution is -0.384. The topological polar surface area (TPSA) is 122 Å². The number of nitro benzene ring substituents is 1. The number of halogens is 1. The number of anilines is 1. The Balaban J connectivity index is 1.52. The van der Waals surface area contributed by atoms with E-state index >= 15 is 0 Å². The van der Waals surface area contributed by atoms with Crippen LogP contribution in [0.5, 0.6) is 0 Å². The number of hydrogen-bond acceptors (Lipinski definition) is 5. The molecule has 1 aliphatic rings. The van der Waals surface area contributed by atoms with Gasteiger partial charge in [0.1, 0.15) is 12.1 Å². The van der Waals surface area contributed by atoms with Gasteiger partial charge < -0.3 is 10.6 Å². The first kappa shape index (κ1) is 21.3. The van der Waals surface area contributed by atoms with Crippen LogP contribution in [-0.2, 0) is 15.1 Å². The zero-order valence-corrected chi connectivity index (χ0v) is 17.6. The number of benzene rings is 3. The fourth-order valence-electron chi connectivity index (χ4n) is 3.59. The number of carbonyl (C=O) groups is 3. The normalized spacial score (nSPS) is 18.0. The number of carbonyl (C=O) groups excluding carboxylic acids is 3. The first-order valence-electron chi connectivity index (χ1n) is 9.56. The molecule has 1 heterocycles. The number of imide groups is 1. The van der Waals surface area contributed by atoms with Gasteiger partial charge in [0.2, 0.25) is 5.91 Å². The van der Waals surface area contributed by atoms with Gasteiger partial charge >= 0.3 is 6.03 Å². The minimum atomic E-state index is -1.33. The van der Waals surface area contributed by atoms with Crippen molar-refractivity contribution in [1.29, 1.82) is 0 Å². The van der Waals surface area contributed by atoms with E-state index in [1.807, 2.05) is 36.4 Å². The summed E-state index contributed by atoms with van der Waals surface area (Å²) in [6.07, 6.45) is 0. The lowest BCUT2D eigenvalue weighted by Crippen LogP contribution is -2.42. The number of nitro groups is 1. The minimum absolute atomic E-state index is 0.0363. The highest BCUT2D eigenvalue weighted by Crippen LogP contribution is 2.31. The van der Waals surface area contributed by atoms with Crippen molar-refractivity contribution < 1.29 is 19.3 Å². The van der Waals surface area contributed by atoms with Crippen molar-refractivity contribution in [3.8, 4) is 0 Å². The molecule has 4 rings (SSSR count). The number of fused-ring (bicyclic) bond motifs is 1. The number of non-ortho nitro benzene ring substituents is 1. The summed E-state index contributed by atoms with van der Waals surface area (Å²) in [5, 5.41) is 17.8. The van der Waals surface area contributed by atoms with Gasteiger partial charge in [0.25, 0.3) is 11.6 Å². The molecule has 1 atom stereocenters. The maximum Gasteiger partial charge on any atom is 0.325 e. The molecule has 0 saturated carbocycles. The minimum Gasteiger partial charge on any atom is -0.323 e. The summed E-state index contributed by atoms with van der Waals surface area (Å²) in [4.78, 5) is 49.1. The molecular formula is C22H17ClN4O5. The molecule has 2 N–H and O–H groups in total. The van der Waals surface area contributed by atoms with E-state index in [9.17, 15) is 24.5 Å². The Bertz CT molecular complexity index is 1290. The molecule has 3 aromatic rings. The van der Waals surface area contributed by atoms with Crippen molar-refractivity contribution in [3.05, 3.63) is 81.4 Å². The summed E-state index contributed by atoms with van der Waals surface area (Å²) in [5.41, 5.74) is -0.831. The molecular weight excluding hydrogens is 436 g/mol. The van der Waals surface area contributed by atoms with Crippen LogP contribution in [-0.4, -0.2) is 34.2 Å². The lowest BCUT2D eigenvalue weighted by atomic mass is 9.90. The highest BCUT2D eigenvalue weighted by molar-refractivity contribution is 6.34. The Labute approximate surface area is 187 Å². The quantitative estimate of drug-likeness (QED) is 0.346. The average molecular weight is 453 g/mol. The van der Waals surface area contributed by atoms with Crippen LogP contribution in [0.1, 0.15) is 12.5 Å². The van der Waals surface area contributed by atoms with Gasteiger partial charge in [-0.3, -0.25) is 24.6 Å². The summed E-state index contributed by atoms with van der Waals surface area (Å²) in [6, 6.07) is 16.0. The van der Waals surface area contributed by atoms with Crippen molar-refractivity contribution in [3.63, 3.8) is 0 Å².